The number of phenolic OH excluding ortho intramolecular Hbond substituents is 1. The van der Waals surface area contributed by atoms with Crippen LogP contribution < -0.4 is 4.74 Å². The van der Waals surface area contributed by atoms with Crippen molar-refractivity contribution in [2.45, 2.75) is 41.5 Å². The fourth-order valence-corrected chi connectivity index (χ4v) is 2.80. The molecule has 0 saturated heterocycles. The van der Waals surface area contributed by atoms with Crippen LogP contribution >= 0.6 is 0 Å². The van der Waals surface area contributed by atoms with Gasteiger partial charge in [-0.05, 0) is 52.8 Å². The van der Waals surface area contributed by atoms with Crippen LogP contribution in [0.15, 0.2) is 47.1 Å². The molecular formula is C22H28O3. The van der Waals surface area contributed by atoms with Crippen LogP contribution in [0.4, 0.5) is 0 Å². The maximum absolute atomic E-state index is 13.0. The third-order valence-corrected chi connectivity index (χ3v) is 4.28. The van der Waals surface area contributed by atoms with Gasteiger partial charge in [0.2, 0.25) is 0 Å². The van der Waals surface area contributed by atoms with Gasteiger partial charge in [-0.1, -0.05) is 41.5 Å². The molecular weight excluding hydrogens is 312 g/mol. The summed E-state index contributed by atoms with van der Waals surface area (Å²) in [6.45, 7) is 12.3. The maximum Gasteiger partial charge on any atom is 0.186 e. The van der Waals surface area contributed by atoms with E-state index in [4.69, 9.17) is 4.74 Å². The highest BCUT2D eigenvalue weighted by Crippen LogP contribution is 2.39. The second-order valence-corrected chi connectivity index (χ2v) is 8.51. The maximum atomic E-state index is 13.0. The monoisotopic (exact) mass is 340 g/mol. The van der Waals surface area contributed by atoms with Crippen molar-refractivity contribution in [3.05, 3.63) is 52.6 Å². The second-order valence-electron chi connectivity index (χ2n) is 8.51. The number of hydrogen-bond donors (Lipinski definition) is 1. The van der Waals surface area contributed by atoms with E-state index in [1.807, 2.05) is 59.8 Å². The number of aromatic hydroxyl groups is 1. The molecule has 3 heteroatoms. The number of carbonyl (C=O) groups excluding carboxylic acids is 1. The van der Waals surface area contributed by atoms with Gasteiger partial charge >= 0.3 is 0 Å². The Balaban J connectivity index is 2.63. The largest absolute Gasteiger partial charge is 0.507 e. The number of methoxy groups -OCH3 is 1. The summed E-state index contributed by atoms with van der Waals surface area (Å²) < 4.78 is 5.24. The van der Waals surface area contributed by atoms with Crippen LogP contribution in [-0.4, -0.2) is 18.0 Å². The first kappa shape index (κ1) is 19.0. The molecule has 3 nitrogen and oxygen atoms in total. The van der Waals surface area contributed by atoms with Gasteiger partial charge in [0.05, 0.1) is 7.11 Å². The normalized spacial score (nSPS) is 15.6. The summed E-state index contributed by atoms with van der Waals surface area (Å²) in [6.07, 6.45) is 5.74. The Kier molecular flexibility index (Phi) is 4.99. The van der Waals surface area contributed by atoms with E-state index in [9.17, 15) is 9.90 Å². The van der Waals surface area contributed by atoms with Gasteiger partial charge in [0.15, 0.2) is 5.78 Å². The van der Waals surface area contributed by atoms with Crippen LogP contribution in [0.25, 0.3) is 6.08 Å². The molecule has 1 aromatic rings. The molecule has 0 fully saturated rings. The minimum absolute atomic E-state index is 0.104. The van der Waals surface area contributed by atoms with Crippen LogP contribution in [0.1, 0.15) is 47.1 Å². The molecule has 1 aliphatic rings. The van der Waals surface area contributed by atoms with Gasteiger partial charge in [0.1, 0.15) is 11.5 Å². The number of Topliss-reactive ketones (excluding diaryl/α,β-unsaturated/α-hetero) is 1. The zero-order chi connectivity index (χ0) is 19.0. The van der Waals surface area contributed by atoms with Gasteiger partial charge < -0.3 is 9.84 Å². The van der Waals surface area contributed by atoms with Crippen LogP contribution in [0, 0.1) is 10.8 Å². The number of rotatable bonds is 2. The standard InChI is InChI=1S/C22H28O3/c1-21(2,3)17-11-14(12-18(20(17)24)22(4,5)6)10-15-13-16(25-7)8-9-19(15)23/h8-13,23H,1-7H3. The number of hydrogen-bond acceptors (Lipinski definition) is 3. The molecule has 0 saturated carbocycles. The Hall–Kier alpha value is -2.29. The third-order valence-electron chi connectivity index (χ3n) is 4.28. The van der Waals surface area contributed by atoms with Crippen molar-refractivity contribution in [1.82, 2.24) is 0 Å². The van der Waals surface area contributed by atoms with Gasteiger partial charge in [-0.25, -0.2) is 0 Å². The van der Waals surface area contributed by atoms with Crippen molar-refractivity contribution in [2.75, 3.05) is 7.11 Å². The predicted octanol–water partition coefficient (Wildman–Crippen LogP) is 5.31. The molecule has 0 unspecified atom stereocenters. The fourth-order valence-electron chi connectivity index (χ4n) is 2.80. The number of allylic oxidation sites excluding steroid dienone is 5. The zero-order valence-corrected chi connectivity index (χ0v) is 16.2. The Morgan fingerprint density at radius 3 is 1.92 bits per heavy atom. The van der Waals surface area contributed by atoms with Crippen molar-refractivity contribution in [1.29, 1.82) is 0 Å². The molecule has 1 N–H and O–H groups in total. The number of phenols is 1. The van der Waals surface area contributed by atoms with E-state index in [0.717, 1.165) is 16.7 Å². The van der Waals surface area contributed by atoms with Crippen molar-refractivity contribution >= 4 is 11.9 Å². The SMILES string of the molecule is COc1ccc(O)c(C=C2C=C(C(C)(C)C)C(=O)C(C(C)(C)C)=C2)c1. The number of benzene rings is 1. The van der Waals surface area contributed by atoms with Crippen LogP contribution in [-0.2, 0) is 4.79 Å². The minimum atomic E-state index is -0.253. The Morgan fingerprint density at radius 1 is 0.960 bits per heavy atom. The Morgan fingerprint density at radius 2 is 1.48 bits per heavy atom. The number of ether oxygens (including phenoxy) is 1. The van der Waals surface area contributed by atoms with Gasteiger partial charge in [-0.2, -0.15) is 0 Å². The highest BCUT2D eigenvalue weighted by molar-refractivity contribution is 6.12. The molecule has 0 aromatic heterocycles. The highest BCUT2D eigenvalue weighted by atomic mass is 16.5. The zero-order valence-electron chi connectivity index (χ0n) is 16.2. The topological polar surface area (TPSA) is 46.5 Å². The first-order chi connectivity index (χ1) is 11.4. The Labute approximate surface area is 150 Å². The summed E-state index contributed by atoms with van der Waals surface area (Å²) in [5.41, 5.74) is 2.63. The van der Waals surface area contributed by atoms with Crippen molar-refractivity contribution in [2.24, 2.45) is 10.8 Å². The molecule has 25 heavy (non-hydrogen) atoms. The first-order valence-electron chi connectivity index (χ1n) is 8.51. The van der Waals surface area contributed by atoms with Crippen molar-refractivity contribution in [3.8, 4) is 11.5 Å². The van der Waals surface area contributed by atoms with E-state index >= 15 is 0 Å². The molecule has 0 atom stereocenters. The van der Waals surface area contributed by atoms with E-state index in [1.165, 1.54) is 0 Å². The summed E-state index contributed by atoms with van der Waals surface area (Å²) in [4.78, 5) is 13.0. The number of carbonyl (C=O) groups is 1. The van der Waals surface area contributed by atoms with Crippen molar-refractivity contribution < 1.29 is 14.6 Å². The molecule has 0 heterocycles. The molecule has 0 amide bonds. The fraction of sp³-hybridized carbons (Fsp3) is 0.409. The number of ketones is 1. The quantitative estimate of drug-likeness (QED) is 0.793. The lowest BCUT2D eigenvalue weighted by atomic mass is 9.72. The molecule has 0 aliphatic heterocycles. The molecule has 1 aromatic carbocycles. The third kappa shape index (κ3) is 4.22. The highest BCUT2D eigenvalue weighted by Gasteiger charge is 2.33. The van der Waals surface area contributed by atoms with Crippen molar-refractivity contribution in [3.63, 3.8) is 0 Å². The van der Waals surface area contributed by atoms with E-state index in [0.29, 0.717) is 11.3 Å². The first-order valence-corrected chi connectivity index (χ1v) is 8.51. The average molecular weight is 340 g/mol. The average Bonchev–Trinajstić information content (AvgIpc) is 2.48. The summed E-state index contributed by atoms with van der Waals surface area (Å²) in [6, 6.07) is 5.12. The van der Waals surface area contributed by atoms with Gasteiger partial charge in [-0.15, -0.1) is 0 Å². The van der Waals surface area contributed by atoms with E-state index in [1.54, 1.807) is 25.3 Å². The minimum Gasteiger partial charge on any atom is -0.507 e. The summed E-state index contributed by atoms with van der Waals surface area (Å²) in [7, 11) is 1.60. The van der Waals surface area contributed by atoms with Gasteiger partial charge in [0, 0.05) is 16.7 Å². The van der Waals surface area contributed by atoms with E-state index in [2.05, 4.69) is 0 Å². The van der Waals surface area contributed by atoms with Crippen LogP contribution in [0.2, 0.25) is 0 Å². The second kappa shape index (κ2) is 6.55. The Bertz CT molecular complexity index is 742. The molecule has 1 aliphatic carbocycles. The van der Waals surface area contributed by atoms with Crippen LogP contribution in [0.3, 0.4) is 0 Å². The molecule has 0 bridgehead atoms. The smallest absolute Gasteiger partial charge is 0.186 e. The van der Waals surface area contributed by atoms with E-state index in [-0.39, 0.29) is 22.4 Å². The lowest BCUT2D eigenvalue weighted by Crippen LogP contribution is -2.27. The summed E-state index contributed by atoms with van der Waals surface area (Å²) >= 11 is 0. The lowest BCUT2D eigenvalue weighted by molar-refractivity contribution is -0.114. The molecule has 0 radical (unpaired) electrons. The van der Waals surface area contributed by atoms with Gasteiger partial charge in [0.25, 0.3) is 0 Å². The molecule has 134 valence electrons. The van der Waals surface area contributed by atoms with Crippen LogP contribution in [0.5, 0.6) is 11.5 Å². The lowest BCUT2D eigenvalue weighted by Gasteiger charge is -2.31. The van der Waals surface area contributed by atoms with E-state index < -0.39 is 0 Å². The molecule has 0 spiro atoms. The molecule has 2 rings (SSSR count). The van der Waals surface area contributed by atoms with Gasteiger partial charge in [-0.3, -0.25) is 4.79 Å². The summed E-state index contributed by atoms with van der Waals surface area (Å²) in [5.74, 6) is 0.963. The summed E-state index contributed by atoms with van der Waals surface area (Å²) in [5, 5.41) is 10.2. The predicted molar refractivity (Wildman–Crippen MR) is 103 cm³/mol.